The topological polar surface area (TPSA) is 23.6 Å². The van der Waals surface area contributed by atoms with E-state index in [1.807, 2.05) is 0 Å². The molecule has 1 aliphatic carbocycles. The highest BCUT2D eigenvalue weighted by Gasteiger charge is 2.29. The first kappa shape index (κ1) is 14.5. The number of halogens is 1. The highest BCUT2D eigenvalue weighted by molar-refractivity contribution is 5.94. The number of rotatable bonds is 2. The maximum Gasteiger partial charge on any atom is 0.256 e. The van der Waals surface area contributed by atoms with Crippen molar-refractivity contribution < 1.29 is 9.18 Å². The lowest BCUT2D eigenvalue weighted by Gasteiger charge is -2.38. The second-order valence-corrected chi connectivity index (χ2v) is 6.20. The third-order valence-electron chi connectivity index (χ3n) is 4.86. The highest BCUT2D eigenvalue weighted by atomic mass is 19.1. The summed E-state index contributed by atoms with van der Waals surface area (Å²) in [6.07, 6.45) is 5.25. The average molecular weight is 290 g/mol. The Bertz CT molecular complexity index is 518. The maximum atomic E-state index is 14.1. The maximum absolute atomic E-state index is 14.1. The van der Waals surface area contributed by atoms with E-state index < -0.39 is 0 Å². The largest absolute Gasteiger partial charge is 0.336 e. The molecule has 1 aromatic rings. The molecule has 3 nitrogen and oxygen atoms in total. The van der Waals surface area contributed by atoms with Gasteiger partial charge in [-0.05, 0) is 31.4 Å². The first-order valence-electron chi connectivity index (χ1n) is 7.95. The molecule has 4 heteroatoms. The van der Waals surface area contributed by atoms with Gasteiger partial charge in [-0.25, -0.2) is 4.39 Å². The van der Waals surface area contributed by atoms with Gasteiger partial charge in [-0.3, -0.25) is 9.69 Å². The quantitative estimate of drug-likeness (QED) is 0.836. The third kappa shape index (κ3) is 2.95. The van der Waals surface area contributed by atoms with Crippen molar-refractivity contribution in [1.82, 2.24) is 9.80 Å². The Hall–Kier alpha value is -1.42. The Morgan fingerprint density at radius 1 is 1.14 bits per heavy atom. The summed E-state index contributed by atoms with van der Waals surface area (Å²) in [5.41, 5.74) is 0.745. The minimum Gasteiger partial charge on any atom is -0.336 e. The molecule has 0 aromatic heterocycles. The Morgan fingerprint density at radius 3 is 2.48 bits per heavy atom. The van der Waals surface area contributed by atoms with Gasteiger partial charge in [-0.1, -0.05) is 25.0 Å². The fourth-order valence-corrected chi connectivity index (χ4v) is 3.54. The van der Waals surface area contributed by atoms with Crippen LogP contribution in [0.1, 0.15) is 41.6 Å². The second-order valence-electron chi connectivity index (χ2n) is 6.20. The van der Waals surface area contributed by atoms with Crippen LogP contribution >= 0.6 is 0 Å². The second kappa shape index (κ2) is 6.14. The van der Waals surface area contributed by atoms with E-state index in [1.165, 1.54) is 25.7 Å². The standard InChI is InChI=1S/C17H23FN2O/c1-13-5-4-8-15(16(13)18)17(21)20-11-9-19(10-12-20)14-6-2-3-7-14/h4-5,8,14H,2-3,6-7,9-12H2,1H3. The Balaban J connectivity index is 1.63. The van der Waals surface area contributed by atoms with Crippen LogP contribution in [0.3, 0.4) is 0 Å². The van der Waals surface area contributed by atoms with E-state index in [1.54, 1.807) is 30.0 Å². The van der Waals surface area contributed by atoms with Gasteiger partial charge in [0.15, 0.2) is 0 Å². The van der Waals surface area contributed by atoms with Crippen LogP contribution in [0, 0.1) is 12.7 Å². The number of hydrogen-bond donors (Lipinski definition) is 0. The van der Waals surface area contributed by atoms with Gasteiger partial charge in [0.05, 0.1) is 5.56 Å². The van der Waals surface area contributed by atoms with E-state index in [9.17, 15) is 9.18 Å². The summed E-state index contributed by atoms with van der Waals surface area (Å²) >= 11 is 0. The number of piperazine rings is 1. The fourth-order valence-electron chi connectivity index (χ4n) is 3.54. The van der Waals surface area contributed by atoms with Gasteiger partial charge in [-0.15, -0.1) is 0 Å². The van der Waals surface area contributed by atoms with Crippen molar-refractivity contribution in [2.75, 3.05) is 26.2 Å². The molecule has 0 spiro atoms. The molecule has 1 amide bonds. The zero-order valence-corrected chi connectivity index (χ0v) is 12.6. The molecule has 0 atom stereocenters. The first-order chi connectivity index (χ1) is 10.2. The van der Waals surface area contributed by atoms with Gasteiger partial charge in [0, 0.05) is 32.2 Å². The van der Waals surface area contributed by atoms with Crippen LogP contribution in [0.5, 0.6) is 0 Å². The van der Waals surface area contributed by atoms with E-state index >= 15 is 0 Å². The molecule has 0 bridgehead atoms. The van der Waals surface area contributed by atoms with Gasteiger partial charge in [-0.2, -0.15) is 0 Å². The monoisotopic (exact) mass is 290 g/mol. The molecule has 1 saturated carbocycles. The third-order valence-corrected chi connectivity index (χ3v) is 4.86. The number of benzene rings is 1. The van der Waals surface area contributed by atoms with Gasteiger partial charge in [0.2, 0.25) is 0 Å². The van der Waals surface area contributed by atoms with Crippen molar-refractivity contribution in [3.63, 3.8) is 0 Å². The molecule has 1 saturated heterocycles. The predicted octanol–water partition coefficient (Wildman–Crippen LogP) is 2.83. The number of nitrogens with zero attached hydrogens (tertiary/aromatic N) is 2. The first-order valence-corrected chi connectivity index (χ1v) is 7.95. The molecule has 2 fully saturated rings. The molecule has 114 valence electrons. The van der Waals surface area contributed by atoms with Crippen molar-refractivity contribution in [3.05, 3.63) is 35.1 Å². The lowest BCUT2D eigenvalue weighted by atomic mass is 10.1. The average Bonchev–Trinajstić information content (AvgIpc) is 3.04. The van der Waals surface area contributed by atoms with Crippen molar-refractivity contribution in [3.8, 4) is 0 Å². The summed E-state index contributed by atoms with van der Waals surface area (Å²) in [5, 5.41) is 0. The molecule has 0 N–H and O–H groups in total. The van der Waals surface area contributed by atoms with Crippen LogP contribution in [0.25, 0.3) is 0 Å². The van der Waals surface area contributed by atoms with Crippen LogP contribution in [0.15, 0.2) is 18.2 Å². The summed E-state index contributed by atoms with van der Waals surface area (Å²) in [6.45, 7) is 4.96. The Labute approximate surface area is 125 Å². The minimum atomic E-state index is -0.374. The normalized spacial score (nSPS) is 21.0. The molecular weight excluding hydrogens is 267 g/mol. The van der Waals surface area contributed by atoms with Crippen molar-refractivity contribution >= 4 is 5.91 Å². The van der Waals surface area contributed by atoms with Crippen LogP contribution in [0.4, 0.5) is 4.39 Å². The van der Waals surface area contributed by atoms with E-state index in [0.717, 1.165) is 13.1 Å². The molecule has 0 radical (unpaired) electrons. The Kier molecular flexibility index (Phi) is 4.24. The molecule has 1 heterocycles. The van der Waals surface area contributed by atoms with Crippen molar-refractivity contribution in [2.24, 2.45) is 0 Å². The number of aryl methyl sites for hydroxylation is 1. The Morgan fingerprint density at radius 2 is 1.81 bits per heavy atom. The van der Waals surface area contributed by atoms with Crippen molar-refractivity contribution in [2.45, 2.75) is 38.6 Å². The van der Waals surface area contributed by atoms with E-state index in [2.05, 4.69) is 4.90 Å². The van der Waals surface area contributed by atoms with Gasteiger partial charge >= 0.3 is 0 Å². The zero-order valence-electron chi connectivity index (χ0n) is 12.6. The lowest BCUT2D eigenvalue weighted by molar-refractivity contribution is 0.0569. The van der Waals surface area contributed by atoms with Crippen LogP contribution < -0.4 is 0 Å². The van der Waals surface area contributed by atoms with E-state index in [0.29, 0.717) is 24.7 Å². The van der Waals surface area contributed by atoms with Gasteiger partial charge in [0.25, 0.3) is 5.91 Å². The van der Waals surface area contributed by atoms with E-state index in [4.69, 9.17) is 0 Å². The zero-order chi connectivity index (χ0) is 14.8. The summed E-state index contributed by atoms with van der Waals surface area (Å²) < 4.78 is 14.1. The molecule has 1 aromatic carbocycles. The number of carbonyl (C=O) groups excluding carboxylic acids is 1. The summed E-state index contributed by atoms with van der Waals surface area (Å²) in [5.74, 6) is -0.539. The van der Waals surface area contributed by atoms with Gasteiger partial charge in [0.1, 0.15) is 5.82 Å². The molecule has 1 aliphatic heterocycles. The molecule has 21 heavy (non-hydrogen) atoms. The van der Waals surface area contributed by atoms with Crippen LogP contribution in [-0.4, -0.2) is 47.9 Å². The van der Waals surface area contributed by atoms with E-state index in [-0.39, 0.29) is 17.3 Å². The number of hydrogen-bond acceptors (Lipinski definition) is 2. The SMILES string of the molecule is Cc1cccc(C(=O)N2CCN(C3CCCC3)CC2)c1F. The fraction of sp³-hybridized carbons (Fsp3) is 0.588. The number of amides is 1. The smallest absolute Gasteiger partial charge is 0.256 e. The lowest BCUT2D eigenvalue weighted by Crippen LogP contribution is -2.51. The number of carbonyl (C=O) groups is 1. The molecule has 0 unspecified atom stereocenters. The molecule has 3 rings (SSSR count). The minimum absolute atomic E-state index is 0.165. The summed E-state index contributed by atoms with van der Waals surface area (Å²) in [6, 6.07) is 5.75. The summed E-state index contributed by atoms with van der Waals surface area (Å²) in [7, 11) is 0. The van der Waals surface area contributed by atoms with Gasteiger partial charge < -0.3 is 4.90 Å². The highest BCUT2D eigenvalue weighted by Crippen LogP contribution is 2.24. The van der Waals surface area contributed by atoms with Crippen molar-refractivity contribution in [1.29, 1.82) is 0 Å². The molecule has 2 aliphatic rings. The molecular formula is C17H23FN2O. The van der Waals surface area contributed by atoms with Crippen LogP contribution in [0.2, 0.25) is 0 Å². The van der Waals surface area contributed by atoms with Crippen LogP contribution in [-0.2, 0) is 0 Å². The summed E-state index contributed by atoms with van der Waals surface area (Å²) in [4.78, 5) is 16.8. The predicted molar refractivity (Wildman–Crippen MR) is 80.9 cm³/mol.